The number of phenols is 1. The van der Waals surface area contributed by atoms with Crippen LogP contribution >= 0.6 is 0 Å². The summed E-state index contributed by atoms with van der Waals surface area (Å²) in [6.45, 7) is 1.62. The van der Waals surface area contributed by atoms with Crippen molar-refractivity contribution in [3.63, 3.8) is 0 Å². The molecule has 1 aromatic rings. The Hall–Kier alpha value is -3.72. The molecule has 0 aliphatic carbocycles. The fourth-order valence-corrected chi connectivity index (χ4v) is 1.83. The number of rotatable bonds is 5. The number of phenolic OH excluding ortho intramolecular Hbond substituents is 1. The van der Waals surface area contributed by atoms with Gasteiger partial charge in [-0.1, -0.05) is 5.92 Å². The van der Waals surface area contributed by atoms with E-state index in [0.29, 0.717) is 0 Å². The minimum absolute atomic E-state index is 0.0346. The van der Waals surface area contributed by atoms with E-state index in [9.17, 15) is 30.4 Å². The van der Waals surface area contributed by atoms with Crippen LogP contribution in [0.1, 0.15) is 12.5 Å². The Kier molecular flexibility index (Phi) is 6.36. The van der Waals surface area contributed by atoms with Gasteiger partial charge in [0.2, 0.25) is 5.75 Å². The first-order valence-electron chi connectivity index (χ1n) is 6.82. The molecule has 0 unspecified atom stereocenters. The lowest BCUT2D eigenvalue weighted by Crippen LogP contribution is -2.28. The van der Waals surface area contributed by atoms with Crippen LogP contribution in [-0.4, -0.2) is 46.6 Å². The van der Waals surface area contributed by atoms with Gasteiger partial charge in [-0.3, -0.25) is 14.9 Å². The van der Waals surface area contributed by atoms with Crippen LogP contribution in [0, 0.1) is 33.3 Å². The Bertz CT molecular complexity index is 842. The number of ether oxygens (including phenoxy) is 1. The van der Waals surface area contributed by atoms with Gasteiger partial charge >= 0.3 is 5.69 Å². The predicted octanol–water partition coefficient (Wildman–Crippen LogP) is 1.58. The first-order valence-corrected chi connectivity index (χ1v) is 6.82. The van der Waals surface area contributed by atoms with Crippen LogP contribution in [0.3, 0.4) is 0 Å². The van der Waals surface area contributed by atoms with Crippen LogP contribution < -0.4 is 4.74 Å². The molecule has 9 heteroatoms. The third-order valence-corrected chi connectivity index (χ3v) is 3.15. The number of amides is 1. The molecule has 0 saturated heterocycles. The third kappa shape index (κ3) is 4.18. The molecule has 9 nitrogen and oxygen atoms in total. The van der Waals surface area contributed by atoms with Crippen molar-refractivity contribution in [2.24, 2.45) is 0 Å². The summed E-state index contributed by atoms with van der Waals surface area (Å²) in [5, 5.41) is 40.2. The van der Waals surface area contributed by atoms with Gasteiger partial charge in [-0.15, -0.1) is 5.92 Å². The summed E-state index contributed by atoms with van der Waals surface area (Å²) in [7, 11) is 2.55. The van der Waals surface area contributed by atoms with Crippen molar-refractivity contribution in [3.8, 4) is 29.4 Å². The van der Waals surface area contributed by atoms with Crippen LogP contribution in [0.15, 0.2) is 17.7 Å². The summed E-state index contributed by atoms with van der Waals surface area (Å²) in [4.78, 5) is 23.5. The van der Waals surface area contributed by atoms with Crippen molar-refractivity contribution >= 4 is 17.4 Å². The molecule has 1 rings (SSSR count). The second-order valence-corrected chi connectivity index (χ2v) is 4.73. The van der Waals surface area contributed by atoms with Gasteiger partial charge in [0.15, 0.2) is 11.3 Å². The normalized spacial score (nSPS) is 10.6. The second kappa shape index (κ2) is 8.22. The Morgan fingerprint density at radius 2 is 2.12 bits per heavy atom. The second-order valence-electron chi connectivity index (χ2n) is 4.73. The summed E-state index contributed by atoms with van der Waals surface area (Å²) in [5.41, 5.74) is -1.58. The van der Waals surface area contributed by atoms with Gasteiger partial charge in [-0.05, 0) is 13.0 Å². The molecule has 0 saturated carbocycles. The molecule has 0 spiro atoms. The van der Waals surface area contributed by atoms with Gasteiger partial charge in [-0.2, -0.15) is 5.26 Å². The average Bonchev–Trinajstić information content (AvgIpc) is 2.59. The highest BCUT2D eigenvalue weighted by Gasteiger charge is 2.25. The largest absolute Gasteiger partial charge is 0.506 e. The van der Waals surface area contributed by atoms with Gasteiger partial charge in [0.25, 0.3) is 5.91 Å². The zero-order valence-electron chi connectivity index (χ0n) is 13.7. The van der Waals surface area contributed by atoms with E-state index in [4.69, 9.17) is 4.74 Å². The minimum atomic E-state index is -0.883. The molecule has 0 atom stereocenters. The summed E-state index contributed by atoms with van der Waals surface area (Å²) in [6.07, 6.45) is 0. The Morgan fingerprint density at radius 3 is 2.60 bits per heavy atom. The van der Waals surface area contributed by atoms with Crippen LogP contribution in [-0.2, 0) is 4.79 Å². The summed E-state index contributed by atoms with van der Waals surface area (Å²) in [5.74, 6) is 2.62. The monoisotopic (exact) mass is 345 g/mol. The fourth-order valence-electron chi connectivity index (χ4n) is 1.83. The maximum atomic E-state index is 12.2. The number of hydrogen-bond donors (Lipinski definition) is 2. The van der Waals surface area contributed by atoms with Crippen molar-refractivity contribution in [2.75, 3.05) is 20.7 Å². The molecular weight excluding hydrogens is 330 g/mol. The van der Waals surface area contributed by atoms with E-state index in [0.717, 1.165) is 24.1 Å². The average molecular weight is 345 g/mol. The number of aromatic hydroxyl groups is 1. The number of aliphatic hydroxyl groups is 1. The zero-order valence-corrected chi connectivity index (χ0v) is 13.7. The Balaban J connectivity index is 3.50. The maximum absolute atomic E-state index is 12.2. The molecule has 0 radical (unpaired) electrons. The molecule has 25 heavy (non-hydrogen) atoms. The number of nitro groups is 1. The third-order valence-electron chi connectivity index (χ3n) is 3.15. The van der Waals surface area contributed by atoms with E-state index >= 15 is 0 Å². The number of nitriles is 1. The van der Waals surface area contributed by atoms with Gasteiger partial charge in [0.05, 0.1) is 18.6 Å². The molecule has 0 aliphatic rings. The van der Waals surface area contributed by atoms with Gasteiger partial charge in [0.1, 0.15) is 11.8 Å². The number of hydrogen-bond acceptors (Lipinski definition) is 7. The standard InChI is InChI=1S/C16H15N3O6/c1-4-5-6-18(2)16(22)11(9-17)14(20)10-7-12(19(23)24)15(21)13(8-10)25-3/h7-8,20-21H,6H2,1-3H3/b14-11-. The van der Waals surface area contributed by atoms with Crippen LogP contribution in [0.2, 0.25) is 0 Å². The topological polar surface area (TPSA) is 137 Å². The molecule has 130 valence electrons. The van der Waals surface area contributed by atoms with Gasteiger partial charge < -0.3 is 19.8 Å². The van der Waals surface area contributed by atoms with Gasteiger partial charge in [-0.25, -0.2) is 0 Å². The number of likely N-dealkylation sites (N-methyl/N-ethyl adjacent to an activating group) is 1. The van der Waals surface area contributed by atoms with Crippen molar-refractivity contribution < 1.29 is 24.7 Å². The van der Waals surface area contributed by atoms with Crippen molar-refractivity contribution in [2.45, 2.75) is 6.92 Å². The van der Waals surface area contributed by atoms with Gasteiger partial charge in [0, 0.05) is 18.7 Å². The number of carbonyl (C=O) groups is 1. The molecule has 0 fully saturated rings. The van der Waals surface area contributed by atoms with E-state index < -0.39 is 33.6 Å². The number of nitrogens with zero attached hydrogens (tertiary/aromatic N) is 3. The summed E-state index contributed by atoms with van der Waals surface area (Å²) >= 11 is 0. The quantitative estimate of drug-likeness (QED) is 0.206. The molecule has 0 bridgehead atoms. The molecular formula is C16H15N3O6. The molecule has 1 amide bonds. The number of benzene rings is 1. The highest BCUT2D eigenvalue weighted by molar-refractivity contribution is 6.03. The molecule has 0 aliphatic heterocycles. The number of methoxy groups -OCH3 is 1. The minimum Gasteiger partial charge on any atom is -0.506 e. The van der Waals surface area contributed by atoms with Crippen molar-refractivity contribution in [1.29, 1.82) is 5.26 Å². The number of nitro benzene ring substituents is 1. The molecule has 0 heterocycles. The molecule has 2 N–H and O–H groups in total. The maximum Gasteiger partial charge on any atom is 0.315 e. The van der Waals surface area contributed by atoms with Crippen LogP contribution in [0.5, 0.6) is 11.5 Å². The highest BCUT2D eigenvalue weighted by atomic mass is 16.6. The predicted molar refractivity (Wildman–Crippen MR) is 87.6 cm³/mol. The zero-order chi connectivity index (χ0) is 19.1. The first-order chi connectivity index (χ1) is 11.8. The Morgan fingerprint density at radius 1 is 1.48 bits per heavy atom. The summed E-state index contributed by atoms with van der Waals surface area (Å²) in [6, 6.07) is 3.49. The van der Waals surface area contributed by atoms with Crippen molar-refractivity contribution in [3.05, 3.63) is 33.4 Å². The van der Waals surface area contributed by atoms with E-state index in [-0.39, 0.29) is 17.9 Å². The lowest BCUT2D eigenvalue weighted by molar-refractivity contribution is -0.386. The first kappa shape index (κ1) is 19.3. The van der Waals surface area contributed by atoms with E-state index in [2.05, 4.69) is 11.8 Å². The van der Waals surface area contributed by atoms with Crippen LogP contribution in [0.25, 0.3) is 5.76 Å². The Labute approximate surface area is 143 Å². The van der Waals surface area contributed by atoms with Crippen molar-refractivity contribution in [1.82, 2.24) is 4.90 Å². The smallest absolute Gasteiger partial charge is 0.315 e. The molecule has 0 aromatic heterocycles. The van der Waals surface area contributed by atoms with Crippen LogP contribution in [0.4, 0.5) is 5.69 Å². The lowest BCUT2D eigenvalue weighted by Gasteiger charge is -2.14. The summed E-state index contributed by atoms with van der Waals surface area (Å²) < 4.78 is 4.82. The SMILES string of the molecule is CC#CCN(C)C(=O)/C(C#N)=C(\O)c1cc(OC)c(O)c([N+](=O)[O-])c1. The molecule has 1 aromatic carbocycles. The lowest BCUT2D eigenvalue weighted by atomic mass is 10.1. The fraction of sp³-hybridized carbons (Fsp3) is 0.250. The number of carbonyl (C=O) groups excluding carboxylic acids is 1. The van der Waals surface area contributed by atoms with E-state index in [1.54, 1.807) is 13.0 Å². The van der Waals surface area contributed by atoms with E-state index in [1.807, 2.05) is 0 Å². The highest BCUT2D eigenvalue weighted by Crippen LogP contribution is 2.38. The number of aliphatic hydroxyl groups excluding tert-OH is 1. The van der Waals surface area contributed by atoms with E-state index in [1.165, 1.54) is 7.05 Å².